The first kappa shape index (κ1) is 28.5. The van der Waals surface area contributed by atoms with Gasteiger partial charge in [0.15, 0.2) is 0 Å². The molecule has 3 fully saturated rings. The van der Waals surface area contributed by atoms with Gasteiger partial charge in [0.1, 0.15) is 6.04 Å². The predicted octanol–water partition coefficient (Wildman–Crippen LogP) is 4.96. The highest BCUT2D eigenvalue weighted by Gasteiger charge is 2.46. The lowest BCUT2D eigenvalue weighted by molar-refractivity contribution is -0.149. The van der Waals surface area contributed by atoms with E-state index < -0.39 is 23.8 Å². The van der Waals surface area contributed by atoms with E-state index in [-0.39, 0.29) is 18.7 Å². The molecule has 4 aliphatic rings. The van der Waals surface area contributed by atoms with E-state index in [2.05, 4.69) is 21.2 Å². The second kappa shape index (κ2) is 11.1. The topological polar surface area (TPSA) is 130 Å². The highest BCUT2D eigenvalue weighted by Crippen LogP contribution is 2.46. The summed E-state index contributed by atoms with van der Waals surface area (Å²) >= 11 is 0. The number of hydrogen-bond donors (Lipinski definition) is 1. The van der Waals surface area contributed by atoms with Crippen LogP contribution >= 0.6 is 0 Å². The molecule has 2 aliphatic heterocycles. The van der Waals surface area contributed by atoms with Gasteiger partial charge in [-0.3, -0.25) is 38.6 Å². The molecule has 4 heterocycles. The van der Waals surface area contributed by atoms with Gasteiger partial charge in [0, 0.05) is 43.4 Å². The molecule has 0 bridgehead atoms. The number of aromatic nitrogens is 4. The molecule has 2 aromatic carbocycles. The number of anilines is 1. The summed E-state index contributed by atoms with van der Waals surface area (Å²) in [4.78, 5) is 62.4. The number of hydrogen-bond acceptors (Lipinski definition) is 8. The highest BCUT2D eigenvalue weighted by atomic mass is 16.2. The van der Waals surface area contributed by atoms with Crippen LogP contribution in [0.5, 0.6) is 0 Å². The number of fused-ring (bicyclic) bond motifs is 2. The molecule has 1 unspecified atom stereocenters. The maximum atomic E-state index is 13.2. The molecular weight excluding hydrogens is 582 g/mol. The maximum absolute atomic E-state index is 13.2. The molecule has 46 heavy (non-hydrogen) atoms. The van der Waals surface area contributed by atoms with Crippen LogP contribution in [0.3, 0.4) is 0 Å². The second-order valence-corrected chi connectivity index (χ2v) is 13.1. The zero-order valence-electron chi connectivity index (χ0n) is 25.7. The Bertz CT molecular complexity index is 1910. The lowest BCUT2D eigenvalue weighted by Crippen LogP contribution is -2.54. The van der Waals surface area contributed by atoms with Crippen LogP contribution in [0.4, 0.5) is 5.69 Å². The second-order valence-electron chi connectivity index (χ2n) is 13.1. The predicted molar refractivity (Wildman–Crippen MR) is 170 cm³/mol. The molecular formula is C35H35N7O4. The number of nitrogens with one attached hydrogen (secondary N) is 1. The van der Waals surface area contributed by atoms with Crippen LogP contribution in [0, 0.1) is 5.92 Å². The third-order valence-electron chi connectivity index (χ3n) is 10.0. The largest absolute Gasteiger partial charge is 0.385 e. The normalized spacial score (nSPS) is 22.8. The van der Waals surface area contributed by atoms with Crippen molar-refractivity contribution in [3.8, 4) is 11.3 Å². The Balaban J connectivity index is 0.852. The first-order valence-corrected chi connectivity index (χ1v) is 16.2. The van der Waals surface area contributed by atoms with E-state index in [0.29, 0.717) is 29.0 Å². The molecule has 2 aliphatic carbocycles. The molecule has 2 saturated carbocycles. The summed E-state index contributed by atoms with van der Waals surface area (Å²) in [6.07, 6.45) is 11.0. The van der Waals surface area contributed by atoms with Crippen molar-refractivity contribution < 1.29 is 19.2 Å². The quantitative estimate of drug-likeness (QED) is 0.206. The van der Waals surface area contributed by atoms with Crippen molar-refractivity contribution in [1.82, 2.24) is 29.5 Å². The van der Waals surface area contributed by atoms with Gasteiger partial charge in [0.25, 0.3) is 17.7 Å². The van der Waals surface area contributed by atoms with Crippen molar-refractivity contribution in [3.05, 3.63) is 71.7 Å². The Labute approximate surface area is 266 Å². The fourth-order valence-electron chi connectivity index (χ4n) is 7.10. The summed E-state index contributed by atoms with van der Waals surface area (Å²) in [7, 11) is 1.39. The molecule has 1 saturated heterocycles. The monoisotopic (exact) mass is 617 g/mol. The fourth-order valence-corrected chi connectivity index (χ4v) is 7.10. The van der Waals surface area contributed by atoms with E-state index in [0.717, 1.165) is 75.7 Å². The van der Waals surface area contributed by atoms with Crippen molar-refractivity contribution in [3.63, 3.8) is 0 Å². The SMILES string of the molecule is CN1C(=O)CCC(N2C(=O)c3ccc(NCCC[C@H]4C[C@H](n5cc(-c6cnc7ccccc7n6)c(C6CC6)n5)C4)cc3C2=O)C1=O. The Morgan fingerprint density at radius 3 is 2.50 bits per heavy atom. The summed E-state index contributed by atoms with van der Waals surface area (Å²) in [5, 5.41) is 8.45. The van der Waals surface area contributed by atoms with Gasteiger partial charge < -0.3 is 5.32 Å². The van der Waals surface area contributed by atoms with E-state index >= 15 is 0 Å². The molecule has 2 aromatic heterocycles. The Morgan fingerprint density at radius 1 is 0.913 bits per heavy atom. The van der Waals surface area contributed by atoms with E-state index in [9.17, 15) is 19.2 Å². The molecule has 8 rings (SSSR count). The Morgan fingerprint density at radius 2 is 1.70 bits per heavy atom. The van der Waals surface area contributed by atoms with Crippen molar-refractivity contribution in [2.45, 2.75) is 69.4 Å². The minimum absolute atomic E-state index is 0.125. The van der Waals surface area contributed by atoms with Gasteiger partial charge in [-0.15, -0.1) is 0 Å². The van der Waals surface area contributed by atoms with Crippen molar-refractivity contribution in [1.29, 1.82) is 0 Å². The van der Waals surface area contributed by atoms with Crippen LogP contribution in [-0.4, -0.2) is 72.8 Å². The molecule has 1 N–H and O–H groups in total. The number of para-hydroxylation sites is 2. The van der Waals surface area contributed by atoms with Gasteiger partial charge in [-0.05, 0) is 81.2 Å². The third kappa shape index (κ3) is 4.94. The van der Waals surface area contributed by atoms with Crippen LogP contribution in [0.25, 0.3) is 22.3 Å². The molecule has 0 radical (unpaired) electrons. The zero-order valence-corrected chi connectivity index (χ0v) is 25.7. The van der Waals surface area contributed by atoms with Gasteiger partial charge in [-0.25, -0.2) is 4.98 Å². The summed E-state index contributed by atoms with van der Waals surface area (Å²) in [5.74, 6) is -0.625. The minimum Gasteiger partial charge on any atom is -0.385 e. The van der Waals surface area contributed by atoms with Crippen molar-refractivity contribution in [2.24, 2.45) is 5.92 Å². The summed E-state index contributed by atoms with van der Waals surface area (Å²) in [6, 6.07) is 12.6. The van der Waals surface area contributed by atoms with Crippen LogP contribution in [0.1, 0.15) is 89.7 Å². The molecule has 4 aromatic rings. The Kier molecular flexibility index (Phi) is 6.92. The third-order valence-corrected chi connectivity index (χ3v) is 10.0. The number of benzene rings is 2. The summed E-state index contributed by atoms with van der Waals surface area (Å²) < 4.78 is 2.16. The van der Waals surface area contributed by atoms with E-state index in [1.165, 1.54) is 19.9 Å². The number of likely N-dealkylation sites (N-methyl/N-ethyl adjacent to an activating group) is 1. The Hall–Kier alpha value is -4.93. The molecule has 1 atom stereocenters. The number of likely N-dealkylation sites (tertiary alicyclic amines) is 1. The fraction of sp³-hybridized carbons (Fsp3) is 0.400. The average molecular weight is 618 g/mol. The van der Waals surface area contributed by atoms with Gasteiger partial charge in [0.05, 0.1) is 45.8 Å². The highest BCUT2D eigenvalue weighted by molar-refractivity contribution is 6.23. The summed E-state index contributed by atoms with van der Waals surface area (Å²) in [5.41, 5.74) is 6.31. The van der Waals surface area contributed by atoms with Crippen LogP contribution in [0.15, 0.2) is 54.9 Å². The summed E-state index contributed by atoms with van der Waals surface area (Å²) in [6.45, 7) is 0.748. The van der Waals surface area contributed by atoms with Crippen molar-refractivity contribution >= 4 is 40.3 Å². The molecule has 4 amide bonds. The zero-order chi connectivity index (χ0) is 31.5. The van der Waals surface area contributed by atoms with Crippen LogP contribution < -0.4 is 5.32 Å². The van der Waals surface area contributed by atoms with E-state index in [4.69, 9.17) is 10.1 Å². The van der Waals surface area contributed by atoms with E-state index in [1.807, 2.05) is 30.5 Å². The van der Waals surface area contributed by atoms with Crippen LogP contribution in [0.2, 0.25) is 0 Å². The lowest BCUT2D eigenvalue weighted by atomic mass is 9.77. The van der Waals surface area contributed by atoms with E-state index in [1.54, 1.807) is 18.2 Å². The molecule has 11 nitrogen and oxygen atoms in total. The van der Waals surface area contributed by atoms with Crippen molar-refractivity contribution in [2.75, 3.05) is 18.9 Å². The van der Waals surface area contributed by atoms with Gasteiger partial charge in [-0.1, -0.05) is 12.1 Å². The molecule has 234 valence electrons. The number of carbonyl (C=O) groups excluding carboxylic acids is 4. The first-order chi connectivity index (χ1) is 22.4. The molecule has 11 heteroatoms. The number of rotatable bonds is 9. The number of carbonyl (C=O) groups is 4. The number of piperidine rings is 1. The number of imide groups is 2. The smallest absolute Gasteiger partial charge is 0.262 e. The van der Waals surface area contributed by atoms with Crippen LogP contribution in [-0.2, 0) is 9.59 Å². The minimum atomic E-state index is -0.946. The number of amides is 4. The average Bonchev–Trinajstić information content (AvgIpc) is 3.76. The maximum Gasteiger partial charge on any atom is 0.262 e. The van der Waals surface area contributed by atoms with Gasteiger partial charge >= 0.3 is 0 Å². The number of nitrogens with zero attached hydrogens (tertiary/aromatic N) is 6. The molecule has 0 spiro atoms. The first-order valence-electron chi connectivity index (χ1n) is 16.2. The standard InChI is InChI=1S/C35H35N7O4/c1-40-31(43)13-12-30(35(40)46)42-33(44)24-11-10-22(17-25(24)34(42)45)36-14-4-5-20-15-23(16-20)41-19-26(32(39-41)21-8-9-21)29-18-37-27-6-2-3-7-28(27)38-29/h2-3,6-7,10-11,17-21,23,30,36H,4-5,8-9,12-16H2,1H3/t20-,23-,30?. The lowest BCUT2D eigenvalue weighted by Gasteiger charge is -2.35. The van der Waals surface area contributed by atoms with Gasteiger partial charge in [-0.2, -0.15) is 5.10 Å². The van der Waals surface area contributed by atoms with Gasteiger partial charge in [0.2, 0.25) is 5.91 Å².